The molecule has 1 aliphatic rings. The predicted molar refractivity (Wildman–Crippen MR) is 145 cm³/mol. The quantitative estimate of drug-likeness (QED) is 0.286. The molecular formula is C30H58N2. The molecule has 2 heteroatoms. The number of hydrogen-bond acceptors (Lipinski definition) is 2. The van der Waals surface area contributed by atoms with E-state index in [1.165, 1.54) is 44.9 Å². The van der Waals surface area contributed by atoms with E-state index in [9.17, 15) is 0 Å². The van der Waals surface area contributed by atoms with Crippen LogP contribution < -0.4 is 5.32 Å². The maximum atomic E-state index is 4.26. The van der Waals surface area contributed by atoms with Crippen LogP contribution in [0.4, 0.5) is 0 Å². The van der Waals surface area contributed by atoms with Gasteiger partial charge in [0.15, 0.2) is 0 Å². The van der Waals surface area contributed by atoms with Crippen molar-refractivity contribution in [2.24, 2.45) is 23.2 Å². The highest BCUT2D eigenvalue weighted by molar-refractivity contribution is 5.33. The number of rotatable bonds is 13. The number of nitrogens with zero attached hydrogens (tertiary/aromatic N) is 1. The minimum atomic E-state index is 0.0694. The lowest BCUT2D eigenvalue weighted by atomic mass is 9.66. The lowest BCUT2D eigenvalue weighted by Gasteiger charge is -2.52. The fourth-order valence-corrected chi connectivity index (χ4v) is 6.16. The topological polar surface area (TPSA) is 15.3 Å². The zero-order valence-corrected chi connectivity index (χ0v) is 23.8. The van der Waals surface area contributed by atoms with Gasteiger partial charge in [0, 0.05) is 29.6 Å². The Morgan fingerprint density at radius 2 is 1.78 bits per heavy atom. The molecule has 0 saturated heterocycles. The SMILES string of the molecule is CCCC/C=C\C=C1\CC(CC(C)CCC)[C@](CN(C)CC(C)C)(NC(C)(C)C)C1(C)C. The second kappa shape index (κ2) is 12.7. The second-order valence-electron chi connectivity index (χ2n) is 12.9. The first-order chi connectivity index (χ1) is 14.8. The third-order valence-corrected chi connectivity index (χ3v) is 7.50. The van der Waals surface area contributed by atoms with Crippen molar-refractivity contribution in [3.63, 3.8) is 0 Å². The first-order valence-electron chi connectivity index (χ1n) is 13.6. The third-order valence-electron chi connectivity index (χ3n) is 7.50. The van der Waals surface area contributed by atoms with Crippen LogP contribution in [0.2, 0.25) is 0 Å². The summed E-state index contributed by atoms with van der Waals surface area (Å²) in [6, 6.07) is 0. The second-order valence-corrected chi connectivity index (χ2v) is 12.9. The lowest BCUT2D eigenvalue weighted by Crippen LogP contribution is -2.67. The molecule has 32 heavy (non-hydrogen) atoms. The minimum Gasteiger partial charge on any atom is -0.304 e. The van der Waals surface area contributed by atoms with Crippen LogP contribution >= 0.6 is 0 Å². The molecule has 1 saturated carbocycles. The molecule has 0 spiro atoms. The average Bonchev–Trinajstić information content (AvgIpc) is 2.80. The van der Waals surface area contributed by atoms with Crippen molar-refractivity contribution in [1.29, 1.82) is 0 Å². The molecule has 0 amide bonds. The summed E-state index contributed by atoms with van der Waals surface area (Å²) < 4.78 is 0. The van der Waals surface area contributed by atoms with Crippen LogP contribution in [0.25, 0.3) is 0 Å². The van der Waals surface area contributed by atoms with Crippen molar-refractivity contribution >= 4 is 0 Å². The van der Waals surface area contributed by atoms with E-state index in [4.69, 9.17) is 0 Å². The molecule has 2 unspecified atom stereocenters. The van der Waals surface area contributed by atoms with Crippen molar-refractivity contribution in [2.75, 3.05) is 20.1 Å². The van der Waals surface area contributed by atoms with Gasteiger partial charge >= 0.3 is 0 Å². The Labute approximate surface area is 202 Å². The standard InChI is InChI=1S/C30H58N2/c1-12-14-15-16-17-19-26-21-27(20-25(5)18-13-2)30(29(26,9)10,31-28(6,7)8)23-32(11)22-24(3)4/h16-17,19,24-25,27,31H,12-15,18,20-23H2,1-11H3/b17-16-,26-19-/t25?,27?,30-/m0/s1. The van der Waals surface area contributed by atoms with Crippen molar-refractivity contribution in [1.82, 2.24) is 10.2 Å². The first-order valence-corrected chi connectivity index (χ1v) is 13.6. The van der Waals surface area contributed by atoms with Crippen molar-refractivity contribution in [3.8, 4) is 0 Å². The largest absolute Gasteiger partial charge is 0.304 e. The molecule has 0 radical (unpaired) electrons. The Kier molecular flexibility index (Phi) is 11.7. The molecule has 2 nitrogen and oxygen atoms in total. The van der Waals surface area contributed by atoms with Gasteiger partial charge in [-0.3, -0.25) is 0 Å². The van der Waals surface area contributed by atoms with Crippen LogP contribution in [0, 0.1) is 23.2 Å². The summed E-state index contributed by atoms with van der Waals surface area (Å²) in [6.07, 6.45) is 16.1. The van der Waals surface area contributed by atoms with Gasteiger partial charge in [-0.2, -0.15) is 0 Å². The molecule has 0 aromatic heterocycles. The van der Waals surface area contributed by atoms with Gasteiger partial charge in [0.2, 0.25) is 0 Å². The highest BCUT2D eigenvalue weighted by atomic mass is 15.2. The summed E-state index contributed by atoms with van der Waals surface area (Å²) in [5.41, 5.74) is 1.89. The van der Waals surface area contributed by atoms with E-state index in [-0.39, 0.29) is 16.5 Å². The Morgan fingerprint density at radius 1 is 1.12 bits per heavy atom. The average molecular weight is 447 g/mol. The van der Waals surface area contributed by atoms with Gasteiger partial charge in [-0.25, -0.2) is 0 Å². The van der Waals surface area contributed by atoms with Crippen LogP contribution in [0.15, 0.2) is 23.8 Å². The normalized spacial score (nSPS) is 26.2. The molecule has 3 atom stereocenters. The summed E-state index contributed by atoms with van der Waals surface area (Å²) >= 11 is 0. The molecule has 1 aliphatic carbocycles. The van der Waals surface area contributed by atoms with Gasteiger partial charge in [0.1, 0.15) is 0 Å². The van der Waals surface area contributed by atoms with E-state index in [0.29, 0.717) is 11.8 Å². The maximum Gasteiger partial charge on any atom is 0.0433 e. The number of likely N-dealkylation sites (N-methyl/N-ethyl adjacent to an activating group) is 1. The van der Waals surface area contributed by atoms with E-state index < -0.39 is 0 Å². The van der Waals surface area contributed by atoms with Gasteiger partial charge in [0.05, 0.1) is 0 Å². The molecule has 0 heterocycles. The Hall–Kier alpha value is -0.600. The van der Waals surface area contributed by atoms with Gasteiger partial charge in [-0.1, -0.05) is 98.0 Å². The van der Waals surface area contributed by atoms with Crippen molar-refractivity contribution < 1.29 is 0 Å². The molecule has 0 bridgehead atoms. The monoisotopic (exact) mass is 446 g/mol. The van der Waals surface area contributed by atoms with E-state index in [1.807, 2.05) is 0 Å². The fourth-order valence-electron chi connectivity index (χ4n) is 6.16. The number of hydrogen-bond donors (Lipinski definition) is 1. The van der Waals surface area contributed by atoms with Crippen LogP contribution in [0.3, 0.4) is 0 Å². The summed E-state index contributed by atoms with van der Waals surface area (Å²) in [7, 11) is 2.33. The summed E-state index contributed by atoms with van der Waals surface area (Å²) in [4.78, 5) is 2.60. The van der Waals surface area contributed by atoms with E-state index >= 15 is 0 Å². The highest BCUT2D eigenvalue weighted by Crippen LogP contribution is 2.56. The molecule has 188 valence electrons. The number of allylic oxidation sites excluding steroid dienone is 3. The van der Waals surface area contributed by atoms with Crippen molar-refractivity contribution in [2.45, 2.75) is 125 Å². The van der Waals surface area contributed by atoms with E-state index in [1.54, 1.807) is 5.57 Å². The lowest BCUT2D eigenvalue weighted by molar-refractivity contribution is 0.0443. The third kappa shape index (κ3) is 8.32. The number of nitrogens with one attached hydrogen (secondary N) is 1. The number of unbranched alkanes of at least 4 members (excludes halogenated alkanes) is 2. The molecule has 1 rings (SSSR count). The zero-order chi connectivity index (χ0) is 24.6. The molecular weight excluding hydrogens is 388 g/mol. The summed E-state index contributed by atoms with van der Waals surface area (Å²) in [5, 5.41) is 4.26. The Balaban J connectivity index is 3.44. The molecule has 1 fully saturated rings. The molecule has 0 aliphatic heterocycles. The first kappa shape index (κ1) is 29.4. The van der Waals surface area contributed by atoms with Crippen LogP contribution in [-0.2, 0) is 0 Å². The van der Waals surface area contributed by atoms with Gasteiger partial charge in [-0.15, -0.1) is 0 Å². The van der Waals surface area contributed by atoms with Gasteiger partial charge in [-0.05, 0) is 64.8 Å². The molecule has 0 aromatic rings. The molecule has 0 aromatic carbocycles. The van der Waals surface area contributed by atoms with Gasteiger partial charge in [0.25, 0.3) is 0 Å². The Bertz CT molecular complexity index is 592. The van der Waals surface area contributed by atoms with Crippen LogP contribution in [0.1, 0.15) is 114 Å². The zero-order valence-electron chi connectivity index (χ0n) is 23.8. The Morgan fingerprint density at radius 3 is 2.31 bits per heavy atom. The van der Waals surface area contributed by atoms with E-state index in [0.717, 1.165) is 19.0 Å². The summed E-state index contributed by atoms with van der Waals surface area (Å²) in [5.74, 6) is 2.12. The predicted octanol–water partition coefficient (Wildman–Crippen LogP) is 8.25. The fraction of sp³-hybridized carbons (Fsp3) is 0.867. The minimum absolute atomic E-state index is 0.0694. The van der Waals surface area contributed by atoms with Crippen LogP contribution in [-0.4, -0.2) is 36.1 Å². The van der Waals surface area contributed by atoms with Crippen molar-refractivity contribution in [3.05, 3.63) is 23.8 Å². The molecule has 1 N–H and O–H groups in total. The summed E-state index contributed by atoms with van der Waals surface area (Å²) in [6.45, 7) is 26.1. The smallest absolute Gasteiger partial charge is 0.0433 e. The van der Waals surface area contributed by atoms with E-state index in [2.05, 4.69) is 105 Å². The van der Waals surface area contributed by atoms with Gasteiger partial charge < -0.3 is 10.2 Å². The highest BCUT2D eigenvalue weighted by Gasteiger charge is 2.58. The van der Waals surface area contributed by atoms with Crippen LogP contribution in [0.5, 0.6) is 0 Å². The maximum absolute atomic E-state index is 4.26.